The number of Topliss-reactive ketones (excluding diaryl/α,β-unsaturated/α-hetero) is 1. The molecule has 0 N–H and O–H groups in total. The largest absolute Gasteiger partial charge is 0.431 e. The van der Waals surface area contributed by atoms with Gasteiger partial charge in [0.1, 0.15) is 0 Å². The maximum Gasteiger partial charge on any atom is 0.431 e. The molecule has 0 fully saturated rings. The summed E-state index contributed by atoms with van der Waals surface area (Å²) in [5.41, 5.74) is 5.32. The van der Waals surface area contributed by atoms with E-state index in [4.69, 9.17) is 0 Å². The van der Waals surface area contributed by atoms with Crippen LogP contribution in [0.3, 0.4) is 0 Å². The molecule has 172 valence electrons. The zero-order valence-corrected chi connectivity index (χ0v) is 22.5. The van der Waals surface area contributed by atoms with Gasteiger partial charge in [0.15, 0.2) is 0 Å². The standard InChI is InChI=1S/C28H38O3P/c1-16-12-21(27(6,7)8)13-17(2)23(16)25(29)20(5)32(31)26(30)24-18(3)14-22(15-19(24)4)28(9,10)11/h12-15,20H,1-11H3/q+1. The van der Waals surface area contributed by atoms with Crippen LogP contribution < -0.4 is 0 Å². The molecule has 0 aliphatic heterocycles. The number of hydrogen-bond acceptors (Lipinski definition) is 3. The van der Waals surface area contributed by atoms with Crippen molar-refractivity contribution in [2.45, 2.75) is 92.7 Å². The first-order chi connectivity index (χ1) is 14.5. The SMILES string of the molecule is Cc1cc(C(C)(C)C)cc(C)c1C(=O)C(C)[P+](=O)C(=O)c1c(C)cc(C(C)(C)C)cc1C. The van der Waals surface area contributed by atoms with E-state index in [2.05, 4.69) is 41.5 Å². The molecule has 0 aromatic heterocycles. The number of carbonyl (C=O) groups excluding carboxylic acids is 2. The lowest BCUT2D eigenvalue weighted by molar-refractivity contribution is 0.0981. The van der Waals surface area contributed by atoms with E-state index in [0.717, 1.165) is 33.4 Å². The Hall–Kier alpha value is -2.12. The minimum atomic E-state index is -2.41. The van der Waals surface area contributed by atoms with E-state index in [1.54, 1.807) is 6.92 Å². The van der Waals surface area contributed by atoms with E-state index in [0.29, 0.717) is 11.1 Å². The Labute approximate surface area is 194 Å². The monoisotopic (exact) mass is 453 g/mol. The van der Waals surface area contributed by atoms with Gasteiger partial charge in [0.05, 0.1) is 5.56 Å². The average Bonchev–Trinajstić information content (AvgIpc) is 2.63. The lowest BCUT2D eigenvalue weighted by atomic mass is 9.83. The van der Waals surface area contributed by atoms with E-state index in [1.807, 2.05) is 52.0 Å². The highest BCUT2D eigenvalue weighted by Gasteiger charge is 2.43. The van der Waals surface area contributed by atoms with Gasteiger partial charge in [-0.25, -0.2) is 4.79 Å². The maximum absolute atomic E-state index is 13.3. The van der Waals surface area contributed by atoms with Gasteiger partial charge in [0, 0.05) is 5.56 Å². The number of carbonyl (C=O) groups is 2. The van der Waals surface area contributed by atoms with Crippen LogP contribution in [-0.4, -0.2) is 17.0 Å². The molecule has 32 heavy (non-hydrogen) atoms. The Morgan fingerprint density at radius 3 is 1.31 bits per heavy atom. The van der Waals surface area contributed by atoms with Crippen LogP contribution in [0.25, 0.3) is 0 Å². The quantitative estimate of drug-likeness (QED) is 0.343. The molecule has 0 aliphatic carbocycles. The third kappa shape index (κ3) is 5.26. The molecule has 4 heteroatoms. The molecule has 0 saturated carbocycles. The Kier molecular flexibility index (Phi) is 7.37. The molecule has 0 bridgehead atoms. The van der Waals surface area contributed by atoms with Gasteiger partial charge < -0.3 is 0 Å². The number of hydrogen-bond donors (Lipinski definition) is 0. The average molecular weight is 454 g/mol. The van der Waals surface area contributed by atoms with Crippen molar-refractivity contribution in [3.63, 3.8) is 0 Å². The fourth-order valence-corrected chi connectivity index (χ4v) is 5.39. The Morgan fingerprint density at radius 2 is 1.00 bits per heavy atom. The van der Waals surface area contributed by atoms with Crippen LogP contribution in [-0.2, 0) is 15.4 Å². The van der Waals surface area contributed by atoms with Gasteiger partial charge in [0.2, 0.25) is 11.4 Å². The van der Waals surface area contributed by atoms with E-state index in [1.165, 1.54) is 0 Å². The summed E-state index contributed by atoms with van der Waals surface area (Å²) in [4.78, 5) is 26.6. The predicted molar refractivity (Wildman–Crippen MR) is 135 cm³/mol. The fraction of sp³-hybridized carbons (Fsp3) is 0.500. The second-order valence-corrected chi connectivity index (χ2v) is 13.0. The molecule has 0 heterocycles. The first-order valence-corrected chi connectivity index (χ1v) is 12.6. The first-order valence-electron chi connectivity index (χ1n) is 11.2. The first kappa shape index (κ1) is 26.1. The molecule has 0 saturated heterocycles. The topological polar surface area (TPSA) is 51.2 Å². The molecule has 3 nitrogen and oxygen atoms in total. The molecular formula is C28H38O3P+. The van der Waals surface area contributed by atoms with Gasteiger partial charge in [-0.3, -0.25) is 4.79 Å². The van der Waals surface area contributed by atoms with Crippen molar-refractivity contribution in [3.05, 3.63) is 68.8 Å². The fourth-order valence-electron chi connectivity index (χ4n) is 4.12. The number of benzene rings is 2. The molecule has 2 aromatic rings. The maximum atomic E-state index is 13.3. The lowest BCUT2D eigenvalue weighted by Gasteiger charge is -2.22. The molecular weight excluding hydrogens is 415 g/mol. The van der Waals surface area contributed by atoms with Crippen molar-refractivity contribution in [1.82, 2.24) is 0 Å². The minimum absolute atomic E-state index is 0.0297. The molecule has 2 aromatic carbocycles. The van der Waals surface area contributed by atoms with Crippen molar-refractivity contribution in [2.24, 2.45) is 0 Å². The van der Waals surface area contributed by atoms with Gasteiger partial charge in [-0.1, -0.05) is 70.4 Å². The van der Waals surface area contributed by atoms with Gasteiger partial charge in [-0.05, 0) is 78.8 Å². The second kappa shape index (κ2) is 9.02. The highest BCUT2D eigenvalue weighted by atomic mass is 31.1. The molecule has 0 radical (unpaired) electrons. The van der Waals surface area contributed by atoms with Crippen molar-refractivity contribution >= 4 is 19.1 Å². The normalized spacial score (nSPS) is 13.7. The van der Waals surface area contributed by atoms with E-state index >= 15 is 0 Å². The Balaban J connectivity index is 2.41. The van der Waals surface area contributed by atoms with E-state index in [9.17, 15) is 14.2 Å². The number of ketones is 1. The lowest BCUT2D eigenvalue weighted by Crippen LogP contribution is -2.21. The summed E-state index contributed by atoms with van der Waals surface area (Å²) in [5, 5.41) is 0. The molecule has 2 rings (SSSR count). The van der Waals surface area contributed by atoms with Crippen LogP contribution in [0.1, 0.15) is 103 Å². The van der Waals surface area contributed by atoms with Crippen LogP contribution in [0.2, 0.25) is 0 Å². The summed E-state index contributed by atoms with van der Waals surface area (Å²) in [5.74, 6) is -0.225. The smallest absolute Gasteiger partial charge is 0.289 e. The Bertz CT molecular complexity index is 1050. The van der Waals surface area contributed by atoms with Gasteiger partial charge in [0.25, 0.3) is 0 Å². The van der Waals surface area contributed by atoms with Crippen molar-refractivity contribution in [2.75, 3.05) is 0 Å². The van der Waals surface area contributed by atoms with Crippen molar-refractivity contribution in [3.8, 4) is 0 Å². The number of rotatable bonds is 5. The van der Waals surface area contributed by atoms with Crippen LogP contribution >= 0.6 is 7.80 Å². The summed E-state index contributed by atoms with van der Waals surface area (Å²) < 4.78 is 13.3. The minimum Gasteiger partial charge on any atom is -0.289 e. The third-order valence-corrected chi connectivity index (χ3v) is 7.75. The zero-order chi connectivity index (χ0) is 24.8. The van der Waals surface area contributed by atoms with Gasteiger partial charge in [-0.2, -0.15) is 0 Å². The van der Waals surface area contributed by atoms with Crippen molar-refractivity contribution < 1.29 is 14.2 Å². The second-order valence-electron chi connectivity index (χ2n) is 11.1. The molecule has 2 unspecified atom stereocenters. The third-order valence-electron chi connectivity index (χ3n) is 6.19. The highest BCUT2D eigenvalue weighted by Crippen LogP contribution is 2.39. The Morgan fingerprint density at radius 1 is 0.688 bits per heavy atom. The molecule has 0 amide bonds. The van der Waals surface area contributed by atoms with E-state index in [-0.39, 0.29) is 16.6 Å². The van der Waals surface area contributed by atoms with Gasteiger partial charge >= 0.3 is 13.3 Å². The molecule has 2 atom stereocenters. The predicted octanol–water partition coefficient (Wildman–Crippen LogP) is 7.75. The van der Waals surface area contributed by atoms with Crippen LogP contribution in [0.4, 0.5) is 0 Å². The molecule has 0 aliphatic rings. The summed E-state index contributed by atoms with van der Waals surface area (Å²) in [7, 11) is -2.41. The van der Waals surface area contributed by atoms with Crippen molar-refractivity contribution in [1.29, 1.82) is 0 Å². The number of aryl methyl sites for hydroxylation is 4. The van der Waals surface area contributed by atoms with Crippen LogP contribution in [0.15, 0.2) is 24.3 Å². The van der Waals surface area contributed by atoms with Crippen LogP contribution in [0.5, 0.6) is 0 Å². The highest BCUT2D eigenvalue weighted by molar-refractivity contribution is 7.66. The van der Waals surface area contributed by atoms with Crippen LogP contribution in [0, 0.1) is 27.7 Å². The summed E-state index contributed by atoms with van der Waals surface area (Å²) in [6.45, 7) is 22.0. The van der Waals surface area contributed by atoms with E-state index < -0.39 is 19.0 Å². The summed E-state index contributed by atoms with van der Waals surface area (Å²) in [6, 6.07) is 8.05. The zero-order valence-electron chi connectivity index (χ0n) is 21.6. The molecule has 0 spiro atoms. The summed E-state index contributed by atoms with van der Waals surface area (Å²) >= 11 is 0. The van der Waals surface area contributed by atoms with Gasteiger partial charge in [-0.15, -0.1) is 0 Å². The summed E-state index contributed by atoms with van der Waals surface area (Å²) in [6.07, 6.45) is 0.